The van der Waals surface area contributed by atoms with Crippen molar-refractivity contribution in [3.8, 4) is 0 Å². The SMILES string of the molecule is CC[C@]1(COC(=O)C(C)(C)C)C(=O)OC[C@@]1(Cl)Cc1cncn1C. The molecule has 2 atom stereocenters. The predicted octanol–water partition coefficient (Wildman–Crippen LogP) is 2.48. The Bertz CT molecular complexity index is 637. The van der Waals surface area contributed by atoms with Gasteiger partial charge in [-0.3, -0.25) is 9.59 Å². The van der Waals surface area contributed by atoms with Crippen molar-refractivity contribution in [1.82, 2.24) is 9.55 Å². The van der Waals surface area contributed by atoms with Crippen LogP contribution in [0.1, 0.15) is 39.8 Å². The fourth-order valence-electron chi connectivity index (χ4n) is 2.86. The Morgan fingerprint density at radius 2 is 2.17 bits per heavy atom. The Morgan fingerprint density at radius 3 is 2.67 bits per heavy atom. The molecule has 24 heavy (non-hydrogen) atoms. The summed E-state index contributed by atoms with van der Waals surface area (Å²) < 4.78 is 12.6. The lowest BCUT2D eigenvalue weighted by Gasteiger charge is -2.36. The molecule has 0 radical (unpaired) electrons. The summed E-state index contributed by atoms with van der Waals surface area (Å²) in [6.45, 7) is 7.16. The molecule has 0 amide bonds. The third-order valence-electron chi connectivity index (χ3n) is 4.72. The number of esters is 2. The topological polar surface area (TPSA) is 70.4 Å². The van der Waals surface area contributed by atoms with E-state index in [0.717, 1.165) is 5.69 Å². The van der Waals surface area contributed by atoms with Gasteiger partial charge in [-0.1, -0.05) is 6.92 Å². The number of ether oxygens (including phenoxy) is 2. The fraction of sp³-hybridized carbons (Fsp3) is 0.706. The van der Waals surface area contributed by atoms with Gasteiger partial charge < -0.3 is 14.0 Å². The Kier molecular flexibility index (Phi) is 5.00. The molecule has 1 aromatic rings. The summed E-state index contributed by atoms with van der Waals surface area (Å²) in [5, 5.41) is 0. The molecule has 6 nitrogen and oxygen atoms in total. The molecule has 0 N–H and O–H groups in total. The second kappa shape index (κ2) is 6.39. The third-order valence-corrected chi connectivity index (χ3v) is 5.33. The summed E-state index contributed by atoms with van der Waals surface area (Å²) in [5.74, 6) is -0.779. The van der Waals surface area contributed by atoms with Gasteiger partial charge >= 0.3 is 11.9 Å². The summed E-state index contributed by atoms with van der Waals surface area (Å²) >= 11 is 6.87. The lowest BCUT2D eigenvalue weighted by atomic mass is 9.73. The Hall–Kier alpha value is -1.56. The number of cyclic esters (lactones) is 1. The largest absolute Gasteiger partial charge is 0.464 e. The van der Waals surface area contributed by atoms with Crippen LogP contribution in [0.25, 0.3) is 0 Å². The maximum atomic E-state index is 12.5. The summed E-state index contributed by atoms with van der Waals surface area (Å²) in [5.41, 5.74) is -0.822. The highest BCUT2D eigenvalue weighted by atomic mass is 35.5. The fourth-order valence-corrected chi connectivity index (χ4v) is 3.31. The highest BCUT2D eigenvalue weighted by Gasteiger charge is 2.62. The van der Waals surface area contributed by atoms with Crippen LogP contribution in [0.5, 0.6) is 0 Å². The van der Waals surface area contributed by atoms with Crippen LogP contribution in [0, 0.1) is 10.8 Å². The van der Waals surface area contributed by atoms with Crippen molar-refractivity contribution in [3.63, 3.8) is 0 Å². The first kappa shape index (κ1) is 18.8. The van der Waals surface area contributed by atoms with Crippen LogP contribution in [0.3, 0.4) is 0 Å². The number of nitrogens with zero attached hydrogens (tertiary/aromatic N) is 2. The number of hydrogen-bond acceptors (Lipinski definition) is 5. The van der Waals surface area contributed by atoms with Crippen LogP contribution in [-0.4, -0.2) is 39.6 Å². The Morgan fingerprint density at radius 1 is 1.50 bits per heavy atom. The first-order valence-corrected chi connectivity index (χ1v) is 8.42. The monoisotopic (exact) mass is 356 g/mol. The molecule has 1 aliphatic rings. The standard InChI is InChI=1S/C17H25ClN2O4/c1-6-16(9-23-13(21)15(2,3)4)14(22)24-10-17(16,18)7-12-8-19-11-20(12)5/h8,11H,6-7,9-10H2,1-5H3/t16-,17-/m0/s1. The molecule has 2 heterocycles. The van der Waals surface area contributed by atoms with Crippen molar-refractivity contribution < 1.29 is 19.1 Å². The molecule has 134 valence electrons. The van der Waals surface area contributed by atoms with Crippen molar-refractivity contribution in [1.29, 1.82) is 0 Å². The molecule has 1 aromatic heterocycles. The van der Waals surface area contributed by atoms with Crippen molar-refractivity contribution in [3.05, 3.63) is 18.2 Å². The van der Waals surface area contributed by atoms with E-state index in [-0.39, 0.29) is 19.2 Å². The quantitative estimate of drug-likeness (QED) is 0.598. The van der Waals surface area contributed by atoms with E-state index in [2.05, 4.69) is 4.98 Å². The van der Waals surface area contributed by atoms with Crippen molar-refractivity contribution in [2.45, 2.75) is 45.4 Å². The van der Waals surface area contributed by atoms with E-state index >= 15 is 0 Å². The molecule has 0 spiro atoms. The molecular formula is C17H25ClN2O4. The maximum absolute atomic E-state index is 12.5. The molecule has 0 aliphatic carbocycles. The van der Waals surface area contributed by atoms with Gasteiger partial charge in [0.05, 0.1) is 11.7 Å². The van der Waals surface area contributed by atoms with Crippen LogP contribution >= 0.6 is 11.6 Å². The predicted molar refractivity (Wildman–Crippen MR) is 89.6 cm³/mol. The van der Waals surface area contributed by atoms with E-state index in [1.165, 1.54) is 0 Å². The van der Waals surface area contributed by atoms with E-state index in [1.807, 2.05) is 18.5 Å². The summed E-state index contributed by atoms with van der Waals surface area (Å²) in [4.78, 5) is 27.7. The first-order valence-electron chi connectivity index (χ1n) is 8.04. The Balaban J connectivity index is 2.28. The van der Waals surface area contributed by atoms with Crippen LogP contribution in [0.15, 0.2) is 12.5 Å². The summed E-state index contributed by atoms with van der Waals surface area (Å²) in [6, 6.07) is 0. The van der Waals surface area contributed by atoms with Gasteiger partial charge in [0, 0.05) is 25.4 Å². The highest BCUT2D eigenvalue weighted by molar-refractivity contribution is 6.27. The van der Waals surface area contributed by atoms with Gasteiger partial charge in [-0.2, -0.15) is 0 Å². The van der Waals surface area contributed by atoms with Gasteiger partial charge in [0.2, 0.25) is 0 Å². The van der Waals surface area contributed by atoms with E-state index in [0.29, 0.717) is 12.8 Å². The van der Waals surface area contributed by atoms with Gasteiger partial charge in [-0.15, -0.1) is 11.6 Å². The van der Waals surface area contributed by atoms with Gasteiger partial charge in [0.15, 0.2) is 0 Å². The normalized spacial score (nSPS) is 27.2. The second-order valence-corrected chi connectivity index (χ2v) is 8.20. The average Bonchev–Trinajstić information content (AvgIpc) is 2.99. The lowest BCUT2D eigenvalue weighted by Crippen LogP contribution is -2.50. The molecule has 0 saturated carbocycles. The summed E-state index contributed by atoms with van der Waals surface area (Å²) in [6.07, 6.45) is 4.22. The van der Waals surface area contributed by atoms with Crippen molar-refractivity contribution in [2.75, 3.05) is 13.2 Å². The summed E-state index contributed by atoms with van der Waals surface area (Å²) in [7, 11) is 1.87. The van der Waals surface area contributed by atoms with Crippen molar-refractivity contribution >= 4 is 23.5 Å². The molecule has 0 bridgehead atoms. The number of aryl methyl sites for hydroxylation is 1. The number of aromatic nitrogens is 2. The molecule has 2 rings (SSSR count). The molecule has 1 aliphatic heterocycles. The van der Waals surface area contributed by atoms with Gasteiger partial charge in [0.25, 0.3) is 0 Å². The molecular weight excluding hydrogens is 332 g/mol. The van der Waals surface area contributed by atoms with Crippen LogP contribution in [0.4, 0.5) is 0 Å². The maximum Gasteiger partial charge on any atom is 0.317 e. The van der Waals surface area contributed by atoms with E-state index in [1.54, 1.807) is 33.3 Å². The molecule has 7 heteroatoms. The molecule has 1 fully saturated rings. The molecule has 0 aromatic carbocycles. The average molecular weight is 357 g/mol. The lowest BCUT2D eigenvalue weighted by molar-refractivity contribution is -0.162. The second-order valence-electron chi connectivity index (χ2n) is 7.48. The number of alkyl halides is 1. The minimum atomic E-state index is -1.07. The number of carbonyl (C=O) groups excluding carboxylic acids is 2. The van der Waals surface area contributed by atoms with Gasteiger partial charge in [0.1, 0.15) is 23.5 Å². The highest BCUT2D eigenvalue weighted by Crippen LogP contribution is 2.49. The number of hydrogen-bond donors (Lipinski definition) is 0. The van der Waals surface area contributed by atoms with Gasteiger partial charge in [-0.05, 0) is 27.2 Å². The van der Waals surface area contributed by atoms with E-state index in [9.17, 15) is 9.59 Å². The third kappa shape index (κ3) is 3.16. The van der Waals surface area contributed by atoms with Crippen molar-refractivity contribution in [2.24, 2.45) is 17.9 Å². The zero-order chi connectivity index (χ0) is 18.2. The first-order chi connectivity index (χ1) is 11.1. The number of carbonyl (C=O) groups is 2. The van der Waals surface area contributed by atoms with Crippen LogP contribution in [0.2, 0.25) is 0 Å². The number of rotatable bonds is 5. The Labute approximate surface area is 147 Å². The minimum Gasteiger partial charge on any atom is -0.464 e. The number of halogens is 1. The van der Waals surface area contributed by atoms with Gasteiger partial charge in [-0.25, -0.2) is 4.98 Å². The zero-order valence-electron chi connectivity index (χ0n) is 14.9. The number of imidazole rings is 1. The minimum absolute atomic E-state index is 0.0828. The van der Waals surface area contributed by atoms with E-state index < -0.39 is 21.7 Å². The molecule has 0 unspecified atom stereocenters. The zero-order valence-corrected chi connectivity index (χ0v) is 15.6. The van der Waals surface area contributed by atoms with Crippen LogP contribution in [-0.2, 0) is 32.5 Å². The van der Waals surface area contributed by atoms with Crippen LogP contribution < -0.4 is 0 Å². The molecule has 1 saturated heterocycles. The smallest absolute Gasteiger partial charge is 0.317 e. The van der Waals surface area contributed by atoms with E-state index in [4.69, 9.17) is 21.1 Å².